The second-order valence-electron chi connectivity index (χ2n) is 4.34. The number of anilines is 2. The molecule has 0 spiro atoms. The van der Waals surface area contributed by atoms with E-state index >= 15 is 0 Å². The number of hydrogen-bond donors (Lipinski definition) is 3. The van der Waals surface area contributed by atoms with E-state index in [0.29, 0.717) is 11.4 Å². The van der Waals surface area contributed by atoms with Crippen molar-refractivity contribution < 1.29 is 13.2 Å². The van der Waals surface area contributed by atoms with Gasteiger partial charge in [0.25, 0.3) is 0 Å². The van der Waals surface area contributed by atoms with Crippen molar-refractivity contribution in [3.8, 4) is 0 Å². The van der Waals surface area contributed by atoms with E-state index in [1.54, 1.807) is 24.3 Å². The Hall–Kier alpha value is -2.38. The molecule has 0 aliphatic rings. The molecule has 4 N–H and O–H groups in total. The molecule has 0 aromatic heterocycles. The smallest absolute Gasteiger partial charge is 0.243 e. The summed E-state index contributed by atoms with van der Waals surface area (Å²) in [5.41, 5.74) is 1.35. The van der Waals surface area contributed by atoms with Crippen LogP contribution >= 0.6 is 0 Å². The van der Waals surface area contributed by atoms with Crippen LogP contribution in [0.25, 0.3) is 0 Å². The molecule has 0 aliphatic carbocycles. The van der Waals surface area contributed by atoms with Crippen molar-refractivity contribution in [3.05, 3.63) is 54.6 Å². The van der Waals surface area contributed by atoms with Crippen LogP contribution in [0.1, 0.15) is 0 Å². The number of primary sulfonamides is 1. The van der Waals surface area contributed by atoms with Crippen LogP contribution in [0.5, 0.6) is 0 Å². The van der Waals surface area contributed by atoms with Crippen LogP contribution < -0.4 is 15.8 Å². The second-order valence-corrected chi connectivity index (χ2v) is 5.90. The molecular weight excluding hydrogens is 290 g/mol. The molecule has 0 saturated carbocycles. The van der Waals surface area contributed by atoms with E-state index in [0.717, 1.165) is 0 Å². The number of benzene rings is 2. The molecule has 1 amide bonds. The summed E-state index contributed by atoms with van der Waals surface area (Å²) in [6.07, 6.45) is 0. The van der Waals surface area contributed by atoms with Crippen molar-refractivity contribution in [3.63, 3.8) is 0 Å². The number of para-hydroxylation sites is 1. The van der Waals surface area contributed by atoms with E-state index in [-0.39, 0.29) is 17.3 Å². The lowest BCUT2D eigenvalue weighted by atomic mass is 10.3. The van der Waals surface area contributed by atoms with Crippen LogP contribution in [0.15, 0.2) is 59.5 Å². The standard InChI is InChI=1S/C14H15N3O3S/c15-21(19,20)13-8-6-11(7-9-13)16-10-14(18)17-12-4-2-1-3-5-12/h1-9,16H,10H2,(H,17,18)(H2,15,19,20). The van der Waals surface area contributed by atoms with Crippen LogP contribution in [-0.2, 0) is 14.8 Å². The van der Waals surface area contributed by atoms with Gasteiger partial charge in [-0.05, 0) is 36.4 Å². The van der Waals surface area contributed by atoms with Crippen molar-refractivity contribution in [2.75, 3.05) is 17.2 Å². The highest BCUT2D eigenvalue weighted by Crippen LogP contribution is 2.12. The van der Waals surface area contributed by atoms with Crippen molar-refractivity contribution >= 4 is 27.3 Å². The first-order valence-corrected chi connectivity index (χ1v) is 7.71. The molecule has 0 aliphatic heterocycles. The maximum absolute atomic E-state index is 11.7. The summed E-state index contributed by atoms with van der Waals surface area (Å²) < 4.78 is 22.2. The second kappa shape index (κ2) is 6.38. The van der Waals surface area contributed by atoms with Gasteiger partial charge in [0.05, 0.1) is 11.4 Å². The summed E-state index contributed by atoms with van der Waals surface area (Å²) >= 11 is 0. The maximum atomic E-state index is 11.7. The summed E-state index contributed by atoms with van der Waals surface area (Å²) in [6.45, 7) is 0.0730. The lowest BCUT2D eigenvalue weighted by Gasteiger charge is -2.08. The number of carbonyl (C=O) groups is 1. The Morgan fingerprint density at radius 1 is 0.952 bits per heavy atom. The van der Waals surface area contributed by atoms with E-state index < -0.39 is 10.0 Å². The van der Waals surface area contributed by atoms with Gasteiger partial charge >= 0.3 is 0 Å². The maximum Gasteiger partial charge on any atom is 0.243 e. The van der Waals surface area contributed by atoms with Crippen LogP contribution in [-0.4, -0.2) is 20.9 Å². The van der Waals surface area contributed by atoms with Gasteiger partial charge in [-0.3, -0.25) is 4.79 Å². The average molecular weight is 305 g/mol. The monoisotopic (exact) mass is 305 g/mol. The van der Waals surface area contributed by atoms with Crippen molar-refractivity contribution in [1.29, 1.82) is 0 Å². The fourth-order valence-corrected chi connectivity index (χ4v) is 2.19. The first kappa shape index (κ1) is 15.0. The summed E-state index contributed by atoms with van der Waals surface area (Å²) in [5.74, 6) is -0.197. The number of rotatable bonds is 5. The van der Waals surface area contributed by atoms with Gasteiger partial charge in [0.1, 0.15) is 0 Å². The average Bonchev–Trinajstić information content (AvgIpc) is 2.46. The van der Waals surface area contributed by atoms with E-state index in [1.807, 2.05) is 18.2 Å². The third kappa shape index (κ3) is 4.59. The van der Waals surface area contributed by atoms with Crippen LogP contribution in [0, 0.1) is 0 Å². The van der Waals surface area contributed by atoms with Gasteiger partial charge < -0.3 is 10.6 Å². The fourth-order valence-electron chi connectivity index (χ4n) is 1.67. The minimum Gasteiger partial charge on any atom is -0.376 e. The molecule has 21 heavy (non-hydrogen) atoms. The van der Waals surface area contributed by atoms with Crippen molar-refractivity contribution in [2.24, 2.45) is 5.14 Å². The first-order chi connectivity index (χ1) is 9.95. The lowest BCUT2D eigenvalue weighted by molar-refractivity contribution is -0.114. The van der Waals surface area contributed by atoms with E-state index in [2.05, 4.69) is 10.6 Å². The predicted octanol–water partition coefficient (Wildman–Crippen LogP) is 1.38. The summed E-state index contributed by atoms with van der Waals surface area (Å²) in [7, 11) is -3.70. The van der Waals surface area contributed by atoms with Crippen LogP contribution in [0.4, 0.5) is 11.4 Å². The number of hydrogen-bond acceptors (Lipinski definition) is 4. The Balaban J connectivity index is 1.90. The highest BCUT2D eigenvalue weighted by molar-refractivity contribution is 7.89. The summed E-state index contributed by atoms with van der Waals surface area (Å²) in [6, 6.07) is 15.0. The summed E-state index contributed by atoms with van der Waals surface area (Å²) in [5, 5.41) is 10.6. The lowest BCUT2D eigenvalue weighted by Crippen LogP contribution is -2.21. The largest absolute Gasteiger partial charge is 0.376 e. The Labute approximate surface area is 123 Å². The minimum absolute atomic E-state index is 0.0294. The van der Waals surface area contributed by atoms with Gasteiger partial charge in [0, 0.05) is 11.4 Å². The zero-order chi connectivity index (χ0) is 15.3. The van der Waals surface area contributed by atoms with E-state index in [9.17, 15) is 13.2 Å². The molecule has 0 fully saturated rings. The first-order valence-electron chi connectivity index (χ1n) is 6.17. The SMILES string of the molecule is NS(=O)(=O)c1ccc(NCC(=O)Nc2ccccc2)cc1. The fraction of sp³-hybridized carbons (Fsp3) is 0.0714. The van der Waals surface area contributed by atoms with Crippen LogP contribution in [0.2, 0.25) is 0 Å². The molecular formula is C14H15N3O3S. The zero-order valence-corrected chi connectivity index (χ0v) is 11.9. The number of carbonyl (C=O) groups excluding carboxylic acids is 1. The molecule has 0 unspecified atom stereocenters. The Kier molecular flexibility index (Phi) is 4.56. The molecule has 0 radical (unpaired) electrons. The molecule has 0 bridgehead atoms. The highest BCUT2D eigenvalue weighted by atomic mass is 32.2. The van der Waals surface area contributed by atoms with Crippen LogP contribution in [0.3, 0.4) is 0 Å². The molecule has 6 nitrogen and oxygen atoms in total. The van der Waals surface area contributed by atoms with Gasteiger partial charge in [-0.2, -0.15) is 0 Å². The van der Waals surface area contributed by atoms with Gasteiger partial charge in [0.15, 0.2) is 0 Å². The van der Waals surface area contributed by atoms with Crippen molar-refractivity contribution in [1.82, 2.24) is 0 Å². The topological polar surface area (TPSA) is 101 Å². The highest BCUT2D eigenvalue weighted by Gasteiger charge is 2.07. The Morgan fingerprint density at radius 2 is 1.57 bits per heavy atom. The molecule has 0 atom stereocenters. The third-order valence-corrected chi connectivity index (χ3v) is 3.62. The molecule has 7 heteroatoms. The number of nitrogens with two attached hydrogens (primary N) is 1. The molecule has 110 valence electrons. The van der Waals surface area contributed by atoms with Gasteiger partial charge in [-0.25, -0.2) is 13.6 Å². The third-order valence-electron chi connectivity index (χ3n) is 2.69. The van der Waals surface area contributed by atoms with Gasteiger partial charge in [-0.1, -0.05) is 18.2 Å². The minimum atomic E-state index is -3.70. The predicted molar refractivity (Wildman–Crippen MR) is 81.4 cm³/mol. The summed E-state index contributed by atoms with van der Waals surface area (Å²) in [4.78, 5) is 11.8. The quantitative estimate of drug-likeness (QED) is 0.776. The molecule has 0 heterocycles. The van der Waals surface area contributed by atoms with Gasteiger partial charge in [-0.15, -0.1) is 0 Å². The van der Waals surface area contributed by atoms with Gasteiger partial charge in [0.2, 0.25) is 15.9 Å². The number of nitrogens with one attached hydrogen (secondary N) is 2. The number of sulfonamides is 1. The number of amides is 1. The molecule has 0 saturated heterocycles. The molecule has 2 aromatic rings. The Morgan fingerprint density at radius 3 is 2.14 bits per heavy atom. The van der Waals surface area contributed by atoms with E-state index in [4.69, 9.17) is 5.14 Å². The Bertz CT molecular complexity index is 713. The normalized spacial score (nSPS) is 10.9. The molecule has 2 aromatic carbocycles. The zero-order valence-electron chi connectivity index (χ0n) is 11.1. The van der Waals surface area contributed by atoms with Crippen molar-refractivity contribution in [2.45, 2.75) is 4.90 Å². The molecule has 2 rings (SSSR count). The van der Waals surface area contributed by atoms with E-state index in [1.165, 1.54) is 12.1 Å².